The lowest BCUT2D eigenvalue weighted by Crippen LogP contribution is -2.49. The standard InChI is InChI=1S/C35H37F4N7O5S/c1-33(2,3)52(51)45-34(14-13-20-7-8-20,23-10-12-26(30(40)47)41-19-23)22-9-11-25(36)27(16-22)43-31(48)28-17-29(35(37,38)39)44-46(28)24-6-4-5-21(15-24)18-42-32(49)50/h4-6,9-12,15-17,19-20,42,45H,7-8,13-14,18H2,1-3H3,(H2,40,47)(H,43,48)(H,49,50)/t34?,52-/m1/s1. The second-order valence-electron chi connectivity index (χ2n) is 13.5. The number of nitrogens with two attached hydrogens (primary N) is 1. The van der Waals surface area contributed by atoms with Gasteiger partial charge in [-0.1, -0.05) is 37.1 Å². The first-order valence-electron chi connectivity index (χ1n) is 16.2. The van der Waals surface area contributed by atoms with E-state index < -0.39 is 62.6 Å². The van der Waals surface area contributed by atoms with Crippen LogP contribution in [0, 0.1) is 11.7 Å². The summed E-state index contributed by atoms with van der Waals surface area (Å²) in [6.07, 6.45) is -1.83. The zero-order valence-corrected chi connectivity index (χ0v) is 29.2. The molecule has 52 heavy (non-hydrogen) atoms. The Kier molecular flexibility index (Phi) is 10.9. The molecule has 1 unspecified atom stereocenters. The number of pyridine rings is 1. The summed E-state index contributed by atoms with van der Waals surface area (Å²) in [6, 6.07) is 13.1. The molecule has 1 aliphatic rings. The molecule has 2 atom stereocenters. The number of carbonyl (C=O) groups is 3. The SMILES string of the molecule is CC(C)(C)[S@@](=O)NC(CCC1CC1)(c1ccc(C(N)=O)nc1)c1ccc(F)c(NC(=O)c2cc(C(F)(F)F)nn2-c2cccc(CNC(=O)O)c2)c1. The first-order chi connectivity index (χ1) is 24.4. The number of anilines is 1. The topological polar surface area (TPSA) is 181 Å². The van der Waals surface area contributed by atoms with E-state index >= 15 is 4.39 Å². The molecule has 2 aromatic carbocycles. The molecule has 2 aromatic heterocycles. The summed E-state index contributed by atoms with van der Waals surface area (Å²) in [4.78, 5) is 40.8. The molecule has 0 spiro atoms. The molecule has 0 saturated heterocycles. The number of nitrogens with zero attached hydrogens (tertiary/aromatic N) is 3. The number of nitrogens with one attached hydrogen (secondary N) is 3. The van der Waals surface area contributed by atoms with Gasteiger partial charge in [-0.05, 0) is 86.6 Å². The molecule has 6 N–H and O–H groups in total. The highest BCUT2D eigenvalue weighted by Crippen LogP contribution is 2.43. The summed E-state index contributed by atoms with van der Waals surface area (Å²) in [7, 11) is -1.71. The molecule has 2 heterocycles. The van der Waals surface area contributed by atoms with E-state index in [-0.39, 0.29) is 23.6 Å². The molecule has 0 radical (unpaired) electrons. The number of halogens is 4. The van der Waals surface area contributed by atoms with Gasteiger partial charge in [0.15, 0.2) is 5.69 Å². The number of carboxylic acid groups (broad SMARTS) is 1. The van der Waals surface area contributed by atoms with E-state index in [4.69, 9.17) is 10.8 Å². The third kappa shape index (κ3) is 8.82. The maximum absolute atomic E-state index is 15.6. The van der Waals surface area contributed by atoms with Gasteiger partial charge in [0.2, 0.25) is 0 Å². The number of hydrogen-bond acceptors (Lipinski definition) is 6. The molecule has 12 nitrogen and oxygen atoms in total. The van der Waals surface area contributed by atoms with Gasteiger partial charge in [0.25, 0.3) is 11.8 Å². The third-order valence-corrected chi connectivity index (χ3v) is 10.1. The summed E-state index contributed by atoms with van der Waals surface area (Å²) in [5, 5.41) is 17.1. The van der Waals surface area contributed by atoms with Crippen molar-refractivity contribution in [1.29, 1.82) is 0 Å². The third-order valence-electron chi connectivity index (χ3n) is 8.50. The number of benzene rings is 2. The average molecular weight is 744 g/mol. The molecule has 276 valence electrons. The normalized spacial score (nSPS) is 15.1. The fourth-order valence-corrected chi connectivity index (χ4v) is 6.44. The molecule has 1 saturated carbocycles. The molecule has 5 rings (SSSR count). The van der Waals surface area contributed by atoms with Gasteiger partial charge in [0.1, 0.15) is 17.2 Å². The molecule has 17 heteroatoms. The van der Waals surface area contributed by atoms with Crippen LogP contribution in [-0.4, -0.2) is 46.7 Å². The van der Waals surface area contributed by atoms with E-state index in [9.17, 15) is 31.8 Å². The second kappa shape index (κ2) is 14.8. The van der Waals surface area contributed by atoms with Crippen molar-refractivity contribution in [2.75, 3.05) is 5.32 Å². The highest BCUT2D eigenvalue weighted by Gasteiger charge is 2.41. The van der Waals surface area contributed by atoms with Crippen LogP contribution in [0.5, 0.6) is 0 Å². The molecule has 4 aromatic rings. The highest BCUT2D eigenvalue weighted by atomic mass is 32.2. The molecule has 0 bridgehead atoms. The Hall–Kier alpha value is -5.16. The molecular weight excluding hydrogens is 706 g/mol. The number of hydrogen-bond donors (Lipinski definition) is 5. The van der Waals surface area contributed by atoms with Crippen LogP contribution >= 0.6 is 0 Å². The van der Waals surface area contributed by atoms with E-state index in [0.29, 0.717) is 41.5 Å². The Morgan fingerprint density at radius 3 is 2.33 bits per heavy atom. The largest absolute Gasteiger partial charge is 0.465 e. The maximum atomic E-state index is 15.6. The Morgan fingerprint density at radius 2 is 1.73 bits per heavy atom. The quantitative estimate of drug-likeness (QED) is 0.104. The van der Waals surface area contributed by atoms with Gasteiger partial charge in [-0.25, -0.2) is 22.8 Å². The second-order valence-corrected chi connectivity index (χ2v) is 15.4. The lowest BCUT2D eigenvalue weighted by Gasteiger charge is -2.38. The molecular formula is C35H37F4N7O5S. The van der Waals surface area contributed by atoms with E-state index in [1.807, 2.05) is 0 Å². The smallest absolute Gasteiger partial charge is 0.435 e. The number of aromatic nitrogens is 3. The van der Waals surface area contributed by atoms with Crippen LogP contribution in [0.1, 0.15) is 89.8 Å². The number of carbonyl (C=O) groups excluding carboxylic acids is 2. The van der Waals surface area contributed by atoms with Crippen molar-refractivity contribution >= 4 is 34.6 Å². The minimum Gasteiger partial charge on any atom is -0.465 e. The summed E-state index contributed by atoms with van der Waals surface area (Å²) >= 11 is 0. The maximum Gasteiger partial charge on any atom is 0.435 e. The van der Waals surface area contributed by atoms with Crippen LogP contribution in [0.4, 0.5) is 28.0 Å². The first kappa shape index (κ1) is 38.1. The van der Waals surface area contributed by atoms with Crippen molar-refractivity contribution in [3.8, 4) is 5.69 Å². The van der Waals surface area contributed by atoms with Crippen molar-refractivity contribution in [3.05, 3.63) is 106 Å². The van der Waals surface area contributed by atoms with Crippen LogP contribution in [0.25, 0.3) is 5.69 Å². The molecule has 1 fully saturated rings. The zero-order chi connectivity index (χ0) is 38.0. The number of amides is 3. The summed E-state index contributed by atoms with van der Waals surface area (Å²) < 4.78 is 74.1. The van der Waals surface area contributed by atoms with Crippen molar-refractivity contribution in [1.82, 2.24) is 24.8 Å². The van der Waals surface area contributed by atoms with Crippen molar-refractivity contribution in [2.24, 2.45) is 11.7 Å². The van der Waals surface area contributed by atoms with Crippen LogP contribution < -0.4 is 21.1 Å². The first-order valence-corrected chi connectivity index (χ1v) is 17.3. The fourth-order valence-electron chi connectivity index (χ4n) is 5.48. The van der Waals surface area contributed by atoms with Crippen molar-refractivity contribution in [3.63, 3.8) is 0 Å². The molecule has 0 aliphatic heterocycles. The lowest BCUT2D eigenvalue weighted by atomic mass is 9.80. The minimum absolute atomic E-state index is 0.0117. The van der Waals surface area contributed by atoms with Gasteiger partial charge in [0, 0.05) is 18.8 Å². The number of alkyl halides is 3. The molecule has 1 aliphatic carbocycles. The van der Waals surface area contributed by atoms with Gasteiger partial charge in [-0.15, -0.1) is 0 Å². The zero-order valence-electron chi connectivity index (χ0n) is 28.4. The summed E-state index contributed by atoms with van der Waals surface area (Å²) in [5.74, 6) is -2.40. The number of rotatable bonds is 13. The van der Waals surface area contributed by atoms with E-state index in [1.54, 1.807) is 26.8 Å². The predicted octanol–water partition coefficient (Wildman–Crippen LogP) is 6.03. The van der Waals surface area contributed by atoms with E-state index in [2.05, 4.69) is 25.4 Å². The highest BCUT2D eigenvalue weighted by molar-refractivity contribution is 7.84. The van der Waals surface area contributed by atoms with Crippen molar-refractivity contribution in [2.45, 2.75) is 69.5 Å². The number of primary amides is 1. The van der Waals surface area contributed by atoms with Gasteiger partial charge in [-0.3, -0.25) is 14.6 Å². The van der Waals surface area contributed by atoms with Gasteiger partial charge >= 0.3 is 12.3 Å². The van der Waals surface area contributed by atoms with Gasteiger partial charge in [-0.2, -0.15) is 18.3 Å². The minimum atomic E-state index is -4.94. The fraction of sp³-hybridized carbons (Fsp3) is 0.343. The van der Waals surface area contributed by atoms with Crippen LogP contribution in [0.3, 0.4) is 0 Å². The molecule has 3 amide bonds. The van der Waals surface area contributed by atoms with E-state index in [1.165, 1.54) is 48.7 Å². The lowest BCUT2D eigenvalue weighted by molar-refractivity contribution is -0.141. The Labute approximate surface area is 298 Å². The predicted molar refractivity (Wildman–Crippen MR) is 184 cm³/mol. The van der Waals surface area contributed by atoms with Crippen LogP contribution in [-0.2, 0) is 29.2 Å². The van der Waals surface area contributed by atoms with Crippen LogP contribution in [0.15, 0.2) is 66.9 Å². The summed E-state index contributed by atoms with van der Waals surface area (Å²) in [6.45, 7) is 5.13. The summed E-state index contributed by atoms with van der Waals surface area (Å²) in [5.41, 5.74) is 2.98. The Morgan fingerprint density at radius 1 is 1.02 bits per heavy atom. The average Bonchev–Trinajstić information content (AvgIpc) is 3.80. The Bertz CT molecular complexity index is 2010. The van der Waals surface area contributed by atoms with E-state index in [0.717, 1.165) is 23.6 Å². The van der Waals surface area contributed by atoms with Crippen molar-refractivity contribution < 1.29 is 41.3 Å². The van der Waals surface area contributed by atoms with Gasteiger partial charge in [0.05, 0.1) is 32.6 Å². The monoisotopic (exact) mass is 743 g/mol. The van der Waals surface area contributed by atoms with Gasteiger partial charge < -0.3 is 21.5 Å². The Balaban J connectivity index is 1.59. The van der Waals surface area contributed by atoms with Crippen LogP contribution in [0.2, 0.25) is 0 Å².